The highest BCUT2D eigenvalue weighted by atomic mass is 16.5. The van der Waals surface area contributed by atoms with Crippen LogP contribution >= 0.6 is 0 Å². The highest BCUT2D eigenvalue weighted by Crippen LogP contribution is 2.08. The predicted octanol–water partition coefficient (Wildman–Crippen LogP) is 0.762. The molecule has 0 aromatic carbocycles. The van der Waals surface area contributed by atoms with E-state index >= 15 is 0 Å². The number of rotatable bonds is 9. The largest absolute Gasteiger partial charge is 0.396 e. The van der Waals surface area contributed by atoms with Crippen molar-refractivity contribution in [1.82, 2.24) is 9.80 Å². The Morgan fingerprint density at radius 3 is 2.78 bits per heavy atom. The summed E-state index contributed by atoms with van der Waals surface area (Å²) in [5, 5.41) is 9.02. The van der Waals surface area contributed by atoms with Gasteiger partial charge in [-0.05, 0) is 39.4 Å². The van der Waals surface area contributed by atoms with Crippen molar-refractivity contribution < 1.29 is 9.84 Å². The molecule has 1 aliphatic rings. The Morgan fingerprint density at radius 2 is 2.17 bits per heavy atom. The van der Waals surface area contributed by atoms with Crippen LogP contribution in [0.4, 0.5) is 0 Å². The van der Waals surface area contributed by atoms with Gasteiger partial charge in [0.1, 0.15) is 6.23 Å². The molecular formula is C14H26N2O2. The van der Waals surface area contributed by atoms with Crippen LogP contribution in [0.1, 0.15) is 25.7 Å². The quantitative estimate of drug-likeness (QED) is 0.374. The van der Waals surface area contributed by atoms with Crippen LogP contribution in [-0.2, 0) is 4.74 Å². The highest BCUT2D eigenvalue weighted by molar-refractivity contribution is 4.87. The van der Waals surface area contributed by atoms with Gasteiger partial charge in [0.2, 0.25) is 0 Å². The number of likely N-dealkylation sites (tertiary alicyclic amines) is 1. The third kappa shape index (κ3) is 5.83. The van der Waals surface area contributed by atoms with Crippen molar-refractivity contribution in [1.29, 1.82) is 0 Å². The van der Waals surface area contributed by atoms with Gasteiger partial charge in [-0.1, -0.05) is 5.92 Å². The molecule has 0 aliphatic carbocycles. The van der Waals surface area contributed by atoms with E-state index in [1.165, 1.54) is 25.9 Å². The summed E-state index contributed by atoms with van der Waals surface area (Å²) >= 11 is 0. The SMILES string of the molecule is C#CCN(C)C(CCO)OCCCN1CCCC1. The molecule has 4 heteroatoms. The van der Waals surface area contributed by atoms with E-state index in [9.17, 15) is 0 Å². The fraction of sp³-hybridized carbons (Fsp3) is 0.857. The van der Waals surface area contributed by atoms with Gasteiger partial charge in [-0.25, -0.2) is 0 Å². The third-order valence-corrected chi connectivity index (χ3v) is 3.34. The van der Waals surface area contributed by atoms with E-state index in [2.05, 4.69) is 10.8 Å². The molecule has 1 unspecified atom stereocenters. The summed E-state index contributed by atoms with van der Waals surface area (Å²) < 4.78 is 5.80. The number of hydrogen-bond donors (Lipinski definition) is 1. The zero-order chi connectivity index (χ0) is 13.2. The first-order valence-corrected chi connectivity index (χ1v) is 6.86. The molecular weight excluding hydrogens is 228 g/mol. The lowest BCUT2D eigenvalue weighted by Crippen LogP contribution is -2.36. The molecule has 0 aromatic heterocycles. The molecule has 18 heavy (non-hydrogen) atoms. The summed E-state index contributed by atoms with van der Waals surface area (Å²) in [5.41, 5.74) is 0. The van der Waals surface area contributed by atoms with E-state index in [-0.39, 0.29) is 12.8 Å². The average molecular weight is 254 g/mol. The molecule has 0 bridgehead atoms. The molecule has 1 atom stereocenters. The van der Waals surface area contributed by atoms with E-state index in [0.717, 1.165) is 19.6 Å². The van der Waals surface area contributed by atoms with Gasteiger partial charge in [0.05, 0.1) is 6.54 Å². The van der Waals surface area contributed by atoms with Crippen molar-refractivity contribution in [3.8, 4) is 12.3 Å². The number of hydrogen-bond acceptors (Lipinski definition) is 4. The lowest BCUT2D eigenvalue weighted by Gasteiger charge is -2.26. The number of terminal acetylenes is 1. The lowest BCUT2D eigenvalue weighted by atomic mass is 10.3. The zero-order valence-corrected chi connectivity index (χ0v) is 11.5. The minimum Gasteiger partial charge on any atom is -0.396 e. The summed E-state index contributed by atoms with van der Waals surface area (Å²) in [6.45, 7) is 5.00. The van der Waals surface area contributed by atoms with Gasteiger partial charge in [-0.2, -0.15) is 0 Å². The van der Waals surface area contributed by atoms with E-state index < -0.39 is 0 Å². The molecule has 1 aliphatic heterocycles. The number of aliphatic hydroxyl groups excluding tert-OH is 1. The molecule has 0 aromatic rings. The molecule has 1 N–H and O–H groups in total. The summed E-state index contributed by atoms with van der Waals surface area (Å²) in [7, 11) is 1.93. The Balaban J connectivity index is 2.14. The average Bonchev–Trinajstić information content (AvgIpc) is 2.86. The second-order valence-electron chi connectivity index (χ2n) is 4.86. The van der Waals surface area contributed by atoms with Crippen molar-refractivity contribution in [2.75, 3.05) is 46.4 Å². The Hall–Kier alpha value is -0.600. The standard InChI is InChI=1S/C14H26N2O2/c1-3-8-15(2)14(7-12-17)18-13-6-11-16-9-4-5-10-16/h1,14,17H,4-13H2,2H3. The third-order valence-electron chi connectivity index (χ3n) is 3.34. The zero-order valence-electron chi connectivity index (χ0n) is 11.5. The Bertz CT molecular complexity index is 247. The minimum absolute atomic E-state index is 0.0652. The van der Waals surface area contributed by atoms with E-state index in [4.69, 9.17) is 16.3 Å². The van der Waals surface area contributed by atoms with Gasteiger partial charge < -0.3 is 14.7 Å². The number of ether oxygens (including phenoxy) is 1. The molecule has 1 rings (SSSR count). The van der Waals surface area contributed by atoms with E-state index in [1.807, 2.05) is 11.9 Å². The maximum Gasteiger partial charge on any atom is 0.113 e. The molecule has 1 fully saturated rings. The molecule has 104 valence electrons. The maximum atomic E-state index is 9.02. The van der Waals surface area contributed by atoms with Crippen LogP contribution in [0.3, 0.4) is 0 Å². The predicted molar refractivity (Wildman–Crippen MR) is 73.2 cm³/mol. The number of nitrogens with zero attached hydrogens (tertiary/aromatic N) is 2. The fourth-order valence-electron chi connectivity index (χ4n) is 2.30. The molecule has 0 radical (unpaired) electrons. The number of aliphatic hydroxyl groups is 1. The van der Waals surface area contributed by atoms with Crippen LogP contribution in [-0.4, -0.2) is 67.6 Å². The summed E-state index contributed by atoms with van der Waals surface area (Å²) in [5.74, 6) is 2.60. The van der Waals surface area contributed by atoms with Gasteiger partial charge in [0.25, 0.3) is 0 Å². The Labute approximate surface area is 111 Å². The second kappa shape index (κ2) is 9.35. The van der Waals surface area contributed by atoms with E-state index in [1.54, 1.807) is 0 Å². The van der Waals surface area contributed by atoms with Gasteiger partial charge in [-0.15, -0.1) is 6.42 Å². The monoisotopic (exact) mass is 254 g/mol. The van der Waals surface area contributed by atoms with Crippen LogP contribution in [0.2, 0.25) is 0 Å². The topological polar surface area (TPSA) is 35.9 Å². The fourth-order valence-corrected chi connectivity index (χ4v) is 2.30. The van der Waals surface area contributed by atoms with Gasteiger partial charge >= 0.3 is 0 Å². The summed E-state index contributed by atoms with van der Waals surface area (Å²) in [6.07, 6.45) is 9.54. The Morgan fingerprint density at radius 1 is 1.44 bits per heavy atom. The summed E-state index contributed by atoms with van der Waals surface area (Å²) in [4.78, 5) is 4.45. The first-order valence-electron chi connectivity index (χ1n) is 6.86. The van der Waals surface area contributed by atoms with Crippen molar-refractivity contribution in [2.24, 2.45) is 0 Å². The second-order valence-corrected chi connectivity index (χ2v) is 4.86. The van der Waals surface area contributed by atoms with Gasteiger partial charge in [0, 0.05) is 26.2 Å². The van der Waals surface area contributed by atoms with Gasteiger partial charge in [-0.3, -0.25) is 4.90 Å². The van der Waals surface area contributed by atoms with Gasteiger partial charge in [0.15, 0.2) is 0 Å². The van der Waals surface area contributed by atoms with Crippen molar-refractivity contribution in [3.63, 3.8) is 0 Å². The Kier molecular flexibility index (Phi) is 8.03. The maximum absolute atomic E-state index is 9.02. The smallest absolute Gasteiger partial charge is 0.113 e. The molecule has 0 amide bonds. The summed E-state index contributed by atoms with van der Waals surface area (Å²) in [6, 6.07) is 0. The lowest BCUT2D eigenvalue weighted by molar-refractivity contribution is -0.0558. The van der Waals surface area contributed by atoms with Crippen LogP contribution in [0.15, 0.2) is 0 Å². The van der Waals surface area contributed by atoms with E-state index in [0.29, 0.717) is 13.0 Å². The van der Waals surface area contributed by atoms with Crippen molar-refractivity contribution >= 4 is 0 Å². The molecule has 1 heterocycles. The van der Waals surface area contributed by atoms with Crippen LogP contribution in [0.25, 0.3) is 0 Å². The van der Waals surface area contributed by atoms with Crippen LogP contribution in [0.5, 0.6) is 0 Å². The first kappa shape index (κ1) is 15.5. The molecule has 4 nitrogen and oxygen atoms in total. The van der Waals surface area contributed by atoms with Crippen molar-refractivity contribution in [3.05, 3.63) is 0 Å². The van der Waals surface area contributed by atoms with Crippen LogP contribution in [0, 0.1) is 12.3 Å². The van der Waals surface area contributed by atoms with Crippen LogP contribution < -0.4 is 0 Å². The first-order chi connectivity index (χ1) is 8.77. The molecule has 0 saturated carbocycles. The minimum atomic E-state index is -0.0652. The molecule has 1 saturated heterocycles. The normalized spacial score (nSPS) is 18.1. The van der Waals surface area contributed by atoms with Crippen molar-refractivity contribution in [2.45, 2.75) is 31.9 Å². The molecule has 0 spiro atoms. The highest BCUT2D eigenvalue weighted by Gasteiger charge is 2.14.